The molecule has 2 rings (SSSR count). The van der Waals surface area contributed by atoms with Crippen molar-refractivity contribution >= 4 is 27.6 Å². The van der Waals surface area contributed by atoms with Crippen LogP contribution in [0.4, 0.5) is 20.4 Å². The van der Waals surface area contributed by atoms with Gasteiger partial charge in [-0.3, -0.25) is 0 Å². The summed E-state index contributed by atoms with van der Waals surface area (Å²) in [6, 6.07) is 8.22. The maximum Gasteiger partial charge on any atom is 0.168 e. The molecule has 94 valence electrons. The van der Waals surface area contributed by atoms with Gasteiger partial charge in [-0.15, -0.1) is 0 Å². The summed E-state index contributed by atoms with van der Waals surface area (Å²) in [5, 5.41) is 2.77. The first-order chi connectivity index (χ1) is 8.56. The molecule has 0 aliphatic carbocycles. The SMILES string of the molecule is Nc1nc(NCc2ccc(Br)cc2)c(F)cc1F. The molecule has 0 aliphatic rings. The molecule has 18 heavy (non-hydrogen) atoms. The molecule has 0 fully saturated rings. The van der Waals surface area contributed by atoms with E-state index >= 15 is 0 Å². The molecule has 1 aromatic heterocycles. The van der Waals surface area contributed by atoms with Crippen LogP contribution in [0.5, 0.6) is 0 Å². The maximum absolute atomic E-state index is 13.4. The molecule has 1 aromatic carbocycles. The van der Waals surface area contributed by atoms with Crippen LogP contribution in [-0.4, -0.2) is 4.98 Å². The number of nitrogens with one attached hydrogen (secondary N) is 1. The normalized spacial score (nSPS) is 10.4. The molecule has 0 aliphatic heterocycles. The highest BCUT2D eigenvalue weighted by molar-refractivity contribution is 9.10. The number of hydrogen-bond donors (Lipinski definition) is 2. The van der Waals surface area contributed by atoms with Gasteiger partial charge in [-0.1, -0.05) is 28.1 Å². The number of hydrogen-bond acceptors (Lipinski definition) is 3. The van der Waals surface area contributed by atoms with E-state index in [0.29, 0.717) is 12.6 Å². The number of nitrogen functional groups attached to an aromatic ring is 1. The van der Waals surface area contributed by atoms with Gasteiger partial charge in [0.15, 0.2) is 23.3 Å². The van der Waals surface area contributed by atoms with Crippen molar-refractivity contribution < 1.29 is 8.78 Å². The summed E-state index contributed by atoms with van der Waals surface area (Å²) < 4.78 is 27.2. The lowest BCUT2D eigenvalue weighted by atomic mass is 10.2. The quantitative estimate of drug-likeness (QED) is 0.914. The van der Waals surface area contributed by atoms with E-state index in [4.69, 9.17) is 5.73 Å². The molecule has 0 amide bonds. The van der Waals surface area contributed by atoms with Crippen LogP contribution < -0.4 is 11.1 Å². The van der Waals surface area contributed by atoms with Crippen LogP contribution in [0.15, 0.2) is 34.8 Å². The summed E-state index contributed by atoms with van der Waals surface area (Å²) >= 11 is 3.32. The molecular formula is C12H10BrF2N3. The van der Waals surface area contributed by atoms with Crippen molar-refractivity contribution in [1.82, 2.24) is 4.98 Å². The second kappa shape index (κ2) is 5.30. The van der Waals surface area contributed by atoms with E-state index in [-0.39, 0.29) is 11.6 Å². The van der Waals surface area contributed by atoms with Gasteiger partial charge in [-0.25, -0.2) is 13.8 Å². The molecule has 3 N–H and O–H groups in total. The molecule has 0 unspecified atom stereocenters. The molecule has 0 radical (unpaired) electrons. The van der Waals surface area contributed by atoms with Crippen LogP contribution in [0.25, 0.3) is 0 Å². The van der Waals surface area contributed by atoms with Gasteiger partial charge in [-0.05, 0) is 17.7 Å². The molecule has 2 aromatic rings. The monoisotopic (exact) mass is 313 g/mol. The summed E-state index contributed by atoms with van der Waals surface area (Å²) in [6.45, 7) is 0.377. The van der Waals surface area contributed by atoms with Gasteiger partial charge in [0, 0.05) is 17.1 Å². The summed E-state index contributed by atoms with van der Waals surface area (Å²) in [5.74, 6) is -2.01. The van der Waals surface area contributed by atoms with Gasteiger partial charge >= 0.3 is 0 Å². The zero-order valence-corrected chi connectivity index (χ0v) is 10.8. The first-order valence-corrected chi connectivity index (χ1v) is 5.95. The smallest absolute Gasteiger partial charge is 0.168 e. The van der Waals surface area contributed by atoms with E-state index in [0.717, 1.165) is 10.0 Å². The van der Waals surface area contributed by atoms with Gasteiger partial charge in [-0.2, -0.15) is 0 Å². The van der Waals surface area contributed by atoms with E-state index in [1.165, 1.54) is 0 Å². The number of nitrogens with zero attached hydrogens (tertiary/aromatic N) is 1. The Kier molecular flexibility index (Phi) is 3.76. The fourth-order valence-corrected chi connectivity index (χ4v) is 1.66. The molecule has 0 saturated heterocycles. The van der Waals surface area contributed by atoms with Crippen molar-refractivity contribution in [3.8, 4) is 0 Å². The summed E-state index contributed by atoms with van der Waals surface area (Å²) in [5.41, 5.74) is 6.23. The molecular weight excluding hydrogens is 304 g/mol. The molecule has 0 atom stereocenters. The van der Waals surface area contributed by atoms with Gasteiger partial charge < -0.3 is 11.1 Å². The van der Waals surface area contributed by atoms with Crippen molar-refractivity contribution in [2.75, 3.05) is 11.1 Å². The second-order valence-corrected chi connectivity index (χ2v) is 4.58. The number of anilines is 2. The van der Waals surface area contributed by atoms with E-state index < -0.39 is 11.6 Å². The number of halogens is 3. The van der Waals surface area contributed by atoms with Crippen molar-refractivity contribution in [1.29, 1.82) is 0 Å². The van der Waals surface area contributed by atoms with E-state index in [2.05, 4.69) is 26.2 Å². The number of rotatable bonds is 3. The number of aromatic nitrogens is 1. The van der Waals surface area contributed by atoms with Crippen LogP contribution in [-0.2, 0) is 6.54 Å². The minimum absolute atomic E-state index is 0.0585. The highest BCUT2D eigenvalue weighted by Gasteiger charge is 2.09. The Labute approximate surface area is 111 Å². The Bertz CT molecular complexity index is 558. The van der Waals surface area contributed by atoms with Gasteiger partial charge in [0.1, 0.15) is 0 Å². The zero-order valence-electron chi connectivity index (χ0n) is 9.25. The van der Waals surface area contributed by atoms with Crippen LogP contribution in [0.1, 0.15) is 5.56 Å². The molecule has 0 bridgehead atoms. The summed E-state index contributed by atoms with van der Waals surface area (Å²) in [4.78, 5) is 3.61. The molecule has 6 heteroatoms. The summed E-state index contributed by atoms with van der Waals surface area (Å²) in [6.07, 6.45) is 0. The Balaban J connectivity index is 2.10. The fraction of sp³-hybridized carbons (Fsp3) is 0.0833. The molecule has 0 saturated carbocycles. The second-order valence-electron chi connectivity index (χ2n) is 3.67. The third-order valence-corrected chi connectivity index (χ3v) is 2.86. The van der Waals surface area contributed by atoms with Crippen molar-refractivity contribution in [2.24, 2.45) is 0 Å². The minimum atomic E-state index is -0.860. The van der Waals surface area contributed by atoms with Crippen LogP contribution >= 0.6 is 15.9 Å². The van der Waals surface area contributed by atoms with Gasteiger partial charge in [0.2, 0.25) is 0 Å². The zero-order chi connectivity index (χ0) is 13.1. The van der Waals surface area contributed by atoms with Crippen LogP contribution in [0.3, 0.4) is 0 Å². The highest BCUT2D eigenvalue weighted by atomic mass is 79.9. The van der Waals surface area contributed by atoms with Crippen molar-refractivity contribution in [2.45, 2.75) is 6.54 Å². The lowest BCUT2D eigenvalue weighted by Gasteiger charge is -2.08. The first-order valence-electron chi connectivity index (χ1n) is 5.16. The third kappa shape index (κ3) is 2.95. The number of pyridine rings is 1. The number of benzene rings is 1. The van der Waals surface area contributed by atoms with Crippen molar-refractivity contribution in [3.05, 3.63) is 52.0 Å². The Morgan fingerprint density at radius 3 is 2.50 bits per heavy atom. The summed E-state index contributed by atoms with van der Waals surface area (Å²) in [7, 11) is 0. The number of nitrogens with two attached hydrogens (primary N) is 1. The lowest BCUT2D eigenvalue weighted by Crippen LogP contribution is -2.06. The molecule has 1 heterocycles. The van der Waals surface area contributed by atoms with Crippen molar-refractivity contribution in [3.63, 3.8) is 0 Å². The van der Waals surface area contributed by atoms with E-state index in [1.54, 1.807) is 0 Å². The van der Waals surface area contributed by atoms with Gasteiger partial charge in [0.25, 0.3) is 0 Å². The minimum Gasteiger partial charge on any atom is -0.381 e. The Morgan fingerprint density at radius 2 is 1.83 bits per heavy atom. The van der Waals surface area contributed by atoms with Gasteiger partial charge in [0.05, 0.1) is 0 Å². The van der Waals surface area contributed by atoms with Crippen LogP contribution in [0, 0.1) is 11.6 Å². The average Bonchev–Trinajstić information content (AvgIpc) is 2.34. The maximum atomic E-state index is 13.4. The topological polar surface area (TPSA) is 50.9 Å². The average molecular weight is 314 g/mol. The lowest BCUT2D eigenvalue weighted by molar-refractivity contribution is 0.579. The van der Waals surface area contributed by atoms with E-state index in [9.17, 15) is 8.78 Å². The largest absolute Gasteiger partial charge is 0.381 e. The highest BCUT2D eigenvalue weighted by Crippen LogP contribution is 2.18. The Hall–Kier alpha value is -1.69. The first kappa shape index (κ1) is 12.8. The molecule has 3 nitrogen and oxygen atoms in total. The molecule has 0 spiro atoms. The van der Waals surface area contributed by atoms with E-state index in [1.807, 2.05) is 24.3 Å². The predicted octanol–water partition coefficient (Wildman–Crippen LogP) is 3.32. The van der Waals surface area contributed by atoms with Crippen LogP contribution in [0.2, 0.25) is 0 Å². The fourth-order valence-electron chi connectivity index (χ4n) is 1.39. The Morgan fingerprint density at radius 1 is 1.17 bits per heavy atom. The standard InChI is InChI=1S/C12H10BrF2N3/c13-8-3-1-7(2-4-8)6-17-12-10(15)5-9(14)11(16)18-12/h1-5H,6H2,(H3,16,17,18). The third-order valence-electron chi connectivity index (χ3n) is 2.33. The predicted molar refractivity (Wildman–Crippen MR) is 70.0 cm³/mol.